The minimum Gasteiger partial charge on any atom is -0.477 e. The Balaban J connectivity index is 1.75. The molecule has 0 fully saturated rings. The number of hydrogen-bond acceptors (Lipinski definition) is 4. The molecular weight excluding hydrogens is 369 g/mol. The Labute approximate surface area is 158 Å². The molecule has 0 spiro atoms. The van der Waals surface area contributed by atoms with Gasteiger partial charge in [-0.05, 0) is 47.4 Å². The number of aliphatic carboxylic acids is 1. The highest BCUT2D eigenvalue weighted by Gasteiger charge is 2.14. The van der Waals surface area contributed by atoms with Crippen molar-refractivity contribution in [3.8, 4) is 11.5 Å². The molecule has 0 unspecified atom stereocenters. The van der Waals surface area contributed by atoms with Crippen LogP contribution >= 0.6 is 11.3 Å². The lowest BCUT2D eigenvalue weighted by molar-refractivity contribution is -0.132. The number of carboxylic acids is 1. The molecule has 0 bridgehead atoms. The minimum atomic E-state index is -1.26. The second-order valence-electron chi connectivity index (χ2n) is 5.40. The Morgan fingerprint density at radius 3 is 2.41 bits per heavy atom. The van der Waals surface area contributed by atoms with Crippen molar-refractivity contribution in [2.75, 3.05) is 0 Å². The van der Waals surface area contributed by atoms with Gasteiger partial charge in [-0.25, -0.2) is 9.18 Å². The van der Waals surface area contributed by atoms with Gasteiger partial charge in [0.15, 0.2) is 11.6 Å². The third kappa shape index (κ3) is 4.80. The average molecular weight is 383 g/mol. The summed E-state index contributed by atoms with van der Waals surface area (Å²) in [6, 6.07) is 15.7. The van der Waals surface area contributed by atoms with E-state index >= 15 is 0 Å². The number of amides is 1. The predicted molar refractivity (Wildman–Crippen MR) is 100 cm³/mol. The zero-order chi connectivity index (χ0) is 19.2. The number of hydrogen-bond donors (Lipinski definition) is 2. The van der Waals surface area contributed by atoms with Gasteiger partial charge in [0, 0.05) is 0 Å². The molecule has 1 aromatic heterocycles. The van der Waals surface area contributed by atoms with Crippen LogP contribution in [0.15, 0.2) is 71.7 Å². The van der Waals surface area contributed by atoms with Gasteiger partial charge in [0.2, 0.25) is 0 Å². The SMILES string of the molecule is O=C(O)/C(=C\c1ccc(Oc2ccccc2F)cc1)NC(=O)c1cccs1. The number of halogens is 1. The van der Waals surface area contributed by atoms with Gasteiger partial charge in [-0.2, -0.15) is 0 Å². The van der Waals surface area contributed by atoms with Crippen molar-refractivity contribution in [1.82, 2.24) is 5.32 Å². The fourth-order valence-corrected chi connectivity index (χ4v) is 2.82. The molecule has 2 N–H and O–H groups in total. The smallest absolute Gasteiger partial charge is 0.352 e. The predicted octanol–water partition coefficient (Wildman–Crippen LogP) is 4.54. The quantitative estimate of drug-likeness (QED) is 0.613. The van der Waals surface area contributed by atoms with Gasteiger partial charge in [-0.1, -0.05) is 30.3 Å². The molecule has 136 valence electrons. The highest BCUT2D eigenvalue weighted by Crippen LogP contribution is 2.24. The van der Waals surface area contributed by atoms with E-state index in [-0.39, 0.29) is 11.4 Å². The topological polar surface area (TPSA) is 75.6 Å². The fourth-order valence-electron chi connectivity index (χ4n) is 2.20. The Morgan fingerprint density at radius 1 is 1.04 bits per heavy atom. The molecule has 5 nitrogen and oxygen atoms in total. The highest BCUT2D eigenvalue weighted by atomic mass is 32.1. The molecule has 3 rings (SSSR count). The van der Waals surface area contributed by atoms with Crippen LogP contribution in [0.25, 0.3) is 6.08 Å². The third-order valence-electron chi connectivity index (χ3n) is 3.48. The van der Waals surface area contributed by atoms with Crippen molar-refractivity contribution < 1.29 is 23.8 Å². The standard InChI is InChI=1S/C20H14FNO4S/c21-15-4-1-2-5-17(15)26-14-9-7-13(8-10-14)12-16(20(24)25)22-19(23)18-6-3-11-27-18/h1-12H,(H,22,23)(H,24,25)/b16-12+. The molecule has 0 aliphatic rings. The van der Waals surface area contributed by atoms with E-state index in [9.17, 15) is 19.1 Å². The van der Waals surface area contributed by atoms with Crippen LogP contribution in [0.5, 0.6) is 11.5 Å². The Hall–Kier alpha value is -3.45. The van der Waals surface area contributed by atoms with Crippen LogP contribution in [0.3, 0.4) is 0 Å². The summed E-state index contributed by atoms with van der Waals surface area (Å²) < 4.78 is 19.1. The fraction of sp³-hybridized carbons (Fsp3) is 0. The molecule has 0 aliphatic heterocycles. The largest absolute Gasteiger partial charge is 0.477 e. The number of carbonyl (C=O) groups is 2. The molecule has 0 saturated carbocycles. The number of carboxylic acid groups (broad SMARTS) is 1. The number of ether oxygens (including phenoxy) is 1. The first kappa shape index (κ1) is 18.3. The van der Waals surface area contributed by atoms with E-state index in [1.807, 2.05) is 0 Å². The van der Waals surface area contributed by atoms with Crippen molar-refractivity contribution in [2.24, 2.45) is 0 Å². The van der Waals surface area contributed by atoms with E-state index in [1.54, 1.807) is 53.9 Å². The monoisotopic (exact) mass is 383 g/mol. The summed E-state index contributed by atoms with van der Waals surface area (Å²) in [4.78, 5) is 23.9. The maximum atomic E-state index is 13.6. The van der Waals surface area contributed by atoms with Crippen LogP contribution in [0, 0.1) is 5.82 Å². The minimum absolute atomic E-state index is 0.0928. The van der Waals surface area contributed by atoms with Crippen molar-refractivity contribution in [2.45, 2.75) is 0 Å². The first-order chi connectivity index (χ1) is 13.0. The Bertz CT molecular complexity index is 981. The summed E-state index contributed by atoms with van der Waals surface area (Å²) in [7, 11) is 0. The van der Waals surface area contributed by atoms with Crippen LogP contribution < -0.4 is 10.1 Å². The van der Waals surface area contributed by atoms with Crippen LogP contribution in [0.4, 0.5) is 4.39 Å². The van der Waals surface area contributed by atoms with E-state index in [1.165, 1.54) is 29.5 Å². The van der Waals surface area contributed by atoms with E-state index in [0.717, 1.165) is 0 Å². The summed E-state index contributed by atoms with van der Waals surface area (Å²) in [5.41, 5.74) is 0.288. The normalized spacial score (nSPS) is 11.1. The molecular formula is C20H14FNO4S. The summed E-state index contributed by atoms with van der Waals surface area (Å²) in [5, 5.41) is 13.4. The maximum absolute atomic E-state index is 13.6. The number of nitrogens with one attached hydrogen (secondary N) is 1. The lowest BCUT2D eigenvalue weighted by Crippen LogP contribution is -2.26. The van der Waals surface area contributed by atoms with Crippen molar-refractivity contribution in [1.29, 1.82) is 0 Å². The van der Waals surface area contributed by atoms with Crippen LogP contribution in [0.2, 0.25) is 0 Å². The highest BCUT2D eigenvalue weighted by molar-refractivity contribution is 7.12. The number of benzene rings is 2. The zero-order valence-electron chi connectivity index (χ0n) is 13.9. The molecule has 27 heavy (non-hydrogen) atoms. The first-order valence-corrected chi connectivity index (χ1v) is 8.73. The zero-order valence-corrected chi connectivity index (χ0v) is 14.7. The van der Waals surface area contributed by atoms with Gasteiger partial charge in [0.05, 0.1) is 4.88 Å². The lowest BCUT2D eigenvalue weighted by Gasteiger charge is -2.07. The van der Waals surface area contributed by atoms with E-state index < -0.39 is 17.7 Å². The summed E-state index contributed by atoms with van der Waals surface area (Å²) in [6.45, 7) is 0. The number of para-hydroxylation sites is 1. The summed E-state index contributed by atoms with van der Waals surface area (Å²) >= 11 is 1.22. The number of rotatable bonds is 6. The van der Waals surface area contributed by atoms with Gasteiger partial charge in [0.1, 0.15) is 11.4 Å². The van der Waals surface area contributed by atoms with Crippen LogP contribution in [-0.2, 0) is 4.79 Å². The molecule has 1 heterocycles. The van der Waals surface area contributed by atoms with Gasteiger partial charge in [-0.3, -0.25) is 4.79 Å². The van der Waals surface area contributed by atoms with Gasteiger partial charge in [0.25, 0.3) is 5.91 Å². The van der Waals surface area contributed by atoms with E-state index in [0.29, 0.717) is 16.2 Å². The van der Waals surface area contributed by atoms with Gasteiger partial charge in [-0.15, -0.1) is 11.3 Å². The molecule has 7 heteroatoms. The van der Waals surface area contributed by atoms with Crippen molar-refractivity contribution in [3.05, 3.63) is 88.0 Å². The van der Waals surface area contributed by atoms with Gasteiger partial charge < -0.3 is 15.2 Å². The molecule has 0 aliphatic carbocycles. The molecule has 0 atom stereocenters. The molecule has 0 radical (unpaired) electrons. The van der Waals surface area contributed by atoms with E-state index in [2.05, 4.69) is 5.32 Å². The lowest BCUT2D eigenvalue weighted by atomic mass is 10.2. The Kier molecular flexibility index (Phi) is 5.63. The third-order valence-corrected chi connectivity index (χ3v) is 4.35. The summed E-state index contributed by atoms with van der Waals surface area (Å²) in [6.07, 6.45) is 1.33. The number of thiophene rings is 1. The summed E-state index contributed by atoms with van der Waals surface area (Å²) in [5.74, 6) is -1.73. The Morgan fingerprint density at radius 2 is 1.78 bits per heavy atom. The molecule has 1 amide bonds. The van der Waals surface area contributed by atoms with Crippen molar-refractivity contribution >= 4 is 29.3 Å². The second kappa shape index (κ2) is 8.29. The maximum Gasteiger partial charge on any atom is 0.352 e. The number of carbonyl (C=O) groups excluding carboxylic acids is 1. The van der Waals surface area contributed by atoms with Crippen molar-refractivity contribution in [3.63, 3.8) is 0 Å². The first-order valence-electron chi connectivity index (χ1n) is 7.85. The molecule has 0 saturated heterocycles. The van der Waals surface area contributed by atoms with Crippen LogP contribution in [0.1, 0.15) is 15.2 Å². The molecule has 2 aromatic carbocycles. The average Bonchev–Trinajstić information content (AvgIpc) is 3.19. The van der Waals surface area contributed by atoms with Gasteiger partial charge >= 0.3 is 5.97 Å². The van der Waals surface area contributed by atoms with Crippen LogP contribution in [-0.4, -0.2) is 17.0 Å². The van der Waals surface area contributed by atoms with E-state index in [4.69, 9.17) is 4.74 Å². The second-order valence-corrected chi connectivity index (χ2v) is 6.34. The molecule has 3 aromatic rings.